The van der Waals surface area contributed by atoms with Gasteiger partial charge in [-0.2, -0.15) is 0 Å². The Morgan fingerprint density at radius 2 is 1.65 bits per heavy atom. The van der Waals surface area contributed by atoms with E-state index in [1.165, 1.54) is 25.7 Å². The van der Waals surface area contributed by atoms with E-state index < -0.39 is 0 Å². The zero-order chi connectivity index (χ0) is 12.5. The Morgan fingerprint density at radius 1 is 1.00 bits per heavy atom. The summed E-state index contributed by atoms with van der Waals surface area (Å²) in [7, 11) is 1.67. The summed E-state index contributed by atoms with van der Waals surface area (Å²) in [5.74, 6) is 1.79. The molecule has 0 spiro atoms. The van der Waals surface area contributed by atoms with Gasteiger partial charge in [0.2, 0.25) is 0 Å². The van der Waals surface area contributed by atoms with Crippen LogP contribution in [-0.2, 0) is 0 Å². The van der Waals surface area contributed by atoms with E-state index in [4.69, 9.17) is 9.47 Å². The summed E-state index contributed by atoms with van der Waals surface area (Å²) < 4.78 is 10.9. The van der Waals surface area contributed by atoms with E-state index in [0.717, 1.165) is 17.9 Å². The molecule has 1 unspecified atom stereocenters. The van der Waals surface area contributed by atoms with Gasteiger partial charge < -0.3 is 9.47 Å². The van der Waals surface area contributed by atoms with Crippen molar-refractivity contribution in [3.8, 4) is 11.5 Å². The number of rotatable bonds is 8. The van der Waals surface area contributed by atoms with Gasteiger partial charge in [-0.05, 0) is 44.0 Å². The monoisotopic (exact) mass is 236 g/mol. The molecule has 0 saturated carbocycles. The highest BCUT2D eigenvalue weighted by molar-refractivity contribution is 5.31. The first kappa shape index (κ1) is 13.9. The van der Waals surface area contributed by atoms with Crippen molar-refractivity contribution in [3.63, 3.8) is 0 Å². The van der Waals surface area contributed by atoms with Gasteiger partial charge in [0.1, 0.15) is 11.5 Å². The van der Waals surface area contributed by atoms with Crippen LogP contribution >= 0.6 is 0 Å². The van der Waals surface area contributed by atoms with E-state index in [9.17, 15) is 0 Å². The second-order valence-electron chi connectivity index (χ2n) is 4.45. The van der Waals surface area contributed by atoms with E-state index >= 15 is 0 Å². The Kier molecular flexibility index (Phi) is 6.53. The summed E-state index contributed by atoms with van der Waals surface area (Å²) in [6, 6.07) is 7.78. The third kappa shape index (κ3) is 5.62. The maximum Gasteiger partial charge on any atom is 0.119 e. The van der Waals surface area contributed by atoms with E-state index in [1.54, 1.807) is 7.11 Å². The normalized spacial score (nSPS) is 12.2. The summed E-state index contributed by atoms with van der Waals surface area (Å²) >= 11 is 0. The quantitative estimate of drug-likeness (QED) is 0.621. The van der Waals surface area contributed by atoms with Crippen LogP contribution < -0.4 is 9.47 Å². The van der Waals surface area contributed by atoms with Crippen LogP contribution in [0.15, 0.2) is 24.3 Å². The lowest BCUT2D eigenvalue weighted by atomic mass is 10.1. The summed E-state index contributed by atoms with van der Waals surface area (Å²) in [4.78, 5) is 0. The first-order valence-electron chi connectivity index (χ1n) is 6.57. The molecule has 0 aliphatic heterocycles. The van der Waals surface area contributed by atoms with E-state index in [0.29, 0.717) is 6.10 Å². The molecule has 0 saturated heterocycles. The standard InChI is InChI=1S/C15H24O2/c1-4-5-6-7-8-13(2)17-15-11-9-14(16-3)10-12-15/h9-13H,4-8H2,1-3H3. The molecular formula is C15H24O2. The van der Waals surface area contributed by atoms with Crippen LogP contribution in [0.5, 0.6) is 11.5 Å². The Hall–Kier alpha value is -1.18. The summed E-state index contributed by atoms with van der Waals surface area (Å²) in [5, 5.41) is 0. The van der Waals surface area contributed by atoms with Crippen LogP contribution in [0.3, 0.4) is 0 Å². The highest BCUT2D eigenvalue weighted by Gasteiger charge is 2.03. The van der Waals surface area contributed by atoms with Gasteiger partial charge in [0.25, 0.3) is 0 Å². The minimum absolute atomic E-state index is 0.292. The molecule has 1 aromatic rings. The van der Waals surface area contributed by atoms with Gasteiger partial charge >= 0.3 is 0 Å². The SMILES string of the molecule is CCCCCCC(C)Oc1ccc(OC)cc1. The highest BCUT2D eigenvalue weighted by atomic mass is 16.5. The van der Waals surface area contributed by atoms with Gasteiger partial charge in [-0.3, -0.25) is 0 Å². The van der Waals surface area contributed by atoms with Gasteiger partial charge in [-0.15, -0.1) is 0 Å². The summed E-state index contributed by atoms with van der Waals surface area (Å²) in [5.41, 5.74) is 0. The number of hydrogen-bond donors (Lipinski definition) is 0. The number of ether oxygens (including phenoxy) is 2. The second kappa shape index (κ2) is 7.99. The zero-order valence-electron chi connectivity index (χ0n) is 11.2. The van der Waals surface area contributed by atoms with Crippen molar-refractivity contribution in [1.29, 1.82) is 0 Å². The smallest absolute Gasteiger partial charge is 0.119 e. The molecule has 1 rings (SSSR count). The topological polar surface area (TPSA) is 18.5 Å². The number of methoxy groups -OCH3 is 1. The van der Waals surface area contributed by atoms with Crippen molar-refractivity contribution >= 4 is 0 Å². The van der Waals surface area contributed by atoms with Crippen molar-refractivity contribution in [2.24, 2.45) is 0 Å². The van der Waals surface area contributed by atoms with Crippen LogP contribution in [0.1, 0.15) is 46.0 Å². The molecule has 0 aliphatic carbocycles. The van der Waals surface area contributed by atoms with Crippen molar-refractivity contribution in [1.82, 2.24) is 0 Å². The number of benzene rings is 1. The van der Waals surface area contributed by atoms with Crippen molar-refractivity contribution in [3.05, 3.63) is 24.3 Å². The molecule has 0 bridgehead atoms. The predicted molar refractivity (Wildman–Crippen MR) is 71.8 cm³/mol. The lowest BCUT2D eigenvalue weighted by Gasteiger charge is -2.14. The van der Waals surface area contributed by atoms with Crippen molar-refractivity contribution < 1.29 is 9.47 Å². The third-order valence-corrected chi connectivity index (χ3v) is 2.86. The molecule has 96 valence electrons. The fourth-order valence-corrected chi connectivity index (χ4v) is 1.80. The third-order valence-electron chi connectivity index (χ3n) is 2.86. The predicted octanol–water partition coefficient (Wildman–Crippen LogP) is 4.43. The van der Waals surface area contributed by atoms with Gasteiger partial charge in [-0.25, -0.2) is 0 Å². The average molecular weight is 236 g/mol. The molecule has 17 heavy (non-hydrogen) atoms. The van der Waals surface area contributed by atoms with Crippen LogP contribution in [0.25, 0.3) is 0 Å². The molecule has 2 heteroatoms. The molecule has 0 N–H and O–H groups in total. The maximum atomic E-state index is 5.84. The fraction of sp³-hybridized carbons (Fsp3) is 0.600. The molecule has 2 nitrogen and oxygen atoms in total. The van der Waals surface area contributed by atoms with Gasteiger partial charge in [0.15, 0.2) is 0 Å². The largest absolute Gasteiger partial charge is 0.497 e. The molecule has 0 heterocycles. The van der Waals surface area contributed by atoms with Crippen molar-refractivity contribution in [2.45, 2.75) is 52.1 Å². The summed E-state index contributed by atoms with van der Waals surface area (Å²) in [6.45, 7) is 4.37. The average Bonchev–Trinajstić information content (AvgIpc) is 2.36. The minimum atomic E-state index is 0.292. The van der Waals surface area contributed by atoms with Crippen molar-refractivity contribution in [2.75, 3.05) is 7.11 Å². The minimum Gasteiger partial charge on any atom is -0.497 e. The molecule has 1 atom stereocenters. The van der Waals surface area contributed by atoms with Gasteiger partial charge in [0, 0.05) is 0 Å². The van der Waals surface area contributed by atoms with Crippen LogP contribution in [0, 0.1) is 0 Å². The Labute approximate surface area is 105 Å². The first-order chi connectivity index (χ1) is 8.26. The Balaban J connectivity index is 2.26. The Morgan fingerprint density at radius 3 is 2.24 bits per heavy atom. The van der Waals surface area contributed by atoms with Crippen LogP contribution in [0.2, 0.25) is 0 Å². The molecule has 0 radical (unpaired) electrons. The van der Waals surface area contributed by atoms with E-state index in [1.807, 2.05) is 24.3 Å². The molecule has 0 fully saturated rings. The first-order valence-corrected chi connectivity index (χ1v) is 6.57. The molecule has 0 aromatic heterocycles. The Bertz CT molecular complexity index is 292. The fourth-order valence-electron chi connectivity index (χ4n) is 1.80. The zero-order valence-corrected chi connectivity index (χ0v) is 11.2. The lowest BCUT2D eigenvalue weighted by Crippen LogP contribution is -2.11. The van der Waals surface area contributed by atoms with Gasteiger partial charge in [-0.1, -0.05) is 26.2 Å². The van der Waals surface area contributed by atoms with Crippen LogP contribution in [0.4, 0.5) is 0 Å². The second-order valence-corrected chi connectivity index (χ2v) is 4.45. The van der Waals surface area contributed by atoms with E-state index in [-0.39, 0.29) is 0 Å². The van der Waals surface area contributed by atoms with Crippen LogP contribution in [-0.4, -0.2) is 13.2 Å². The molecule has 0 aliphatic rings. The summed E-state index contributed by atoms with van der Waals surface area (Å²) in [6.07, 6.45) is 6.60. The molecular weight excluding hydrogens is 212 g/mol. The van der Waals surface area contributed by atoms with Gasteiger partial charge in [0.05, 0.1) is 13.2 Å². The number of unbranched alkanes of at least 4 members (excludes halogenated alkanes) is 3. The lowest BCUT2D eigenvalue weighted by molar-refractivity contribution is 0.206. The number of hydrogen-bond acceptors (Lipinski definition) is 2. The van der Waals surface area contributed by atoms with E-state index in [2.05, 4.69) is 13.8 Å². The maximum absolute atomic E-state index is 5.84. The molecule has 1 aromatic carbocycles. The highest BCUT2D eigenvalue weighted by Crippen LogP contribution is 2.19. The molecule has 0 amide bonds.